The molecular weight excluding hydrogens is 422 g/mol. The normalized spacial score (nSPS) is 15.4. The first-order chi connectivity index (χ1) is 16.0. The summed E-state index contributed by atoms with van der Waals surface area (Å²) in [6.45, 7) is 8.72. The van der Waals surface area contributed by atoms with E-state index in [1.54, 1.807) is 9.20 Å². The highest BCUT2D eigenvalue weighted by molar-refractivity contribution is 5.95. The lowest BCUT2D eigenvalue weighted by molar-refractivity contribution is -0.116. The number of anilines is 1. The molecule has 4 aromatic rings. The van der Waals surface area contributed by atoms with Crippen LogP contribution in [0.5, 0.6) is 11.5 Å². The van der Waals surface area contributed by atoms with Gasteiger partial charge in [0.15, 0.2) is 28.8 Å². The molecule has 0 bridgehead atoms. The van der Waals surface area contributed by atoms with Crippen molar-refractivity contribution in [3.05, 3.63) is 53.0 Å². The predicted octanol–water partition coefficient (Wildman–Crippen LogP) is 3.20. The molecule has 0 saturated heterocycles. The van der Waals surface area contributed by atoms with Crippen LogP contribution < -0.4 is 14.8 Å². The van der Waals surface area contributed by atoms with Gasteiger partial charge in [0.2, 0.25) is 5.91 Å². The minimum Gasteiger partial charge on any atom is -0.490 e. The smallest absolute Gasteiger partial charge is 0.226 e. The van der Waals surface area contributed by atoms with Gasteiger partial charge in [-0.15, -0.1) is 15.3 Å². The quantitative estimate of drug-likeness (QED) is 0.483. The lowest BCUT2D eigenvalue weighted by Gasteiger charge is -2.25. The highest BCUT2D eigenvalue weighted by atomic mass is 16.5. The Hall–Kier alpha value is -3.95. The first-order valence-corrected chi connectivity index (χ1v) is 11.0. The van der Waals surface area contributed by atoms with E-state index in [0.717, 1.165) is 16.8 Å². The van der Waals surface area contributed by atoms with E-state index in [2.05, 4.69) is 20.6 Å². The van der Waals surface area contributed by atoms with Crippen LogP contribution in [0.25, 0.3) is 11.5 Å². The molecule has 1 aliphatic heterocycles. The highest BCUT2D eigenvalue weighted by Crippen LogP contribution is 2.42. The Kier molecular flexibility index (Phi) is 5.20. The SMILES string of the molecule is CCOc1ccc([C@@H]2CC(=O)Nc3c2c(C)nn3-c2ccc3nnc(C)n3n2)cc1OCC. The second-order valence-electron chi connectivity index (χ2n) is 7.85. The Balaban J connectivity index is 1.62. The number of nitrogens with one attached hydrogen (secondary N) is 1. The van der Waals surface area contributed by atoms with Crippen molar-refractivity contribution >= 4 is 17.4 Å². The van der Waals surface area contributed by atoms with Crippen LogP contribution in [0.1, 0.15) is 48.8 Å². The summed E-state index contributed by atoms with van der Waals surface area (Å²) in [5.41, 5.74) is 3.40. The average molecular weight is 447 g/mol. The Morgan fingerprint density at radius 2 is 1.82 bits per heavy atom. The van der Waals surface area contributed by atoms with Gasteiger partial charge in [-0.1, -0.05) is 6.07 Å². The zero-order chi connectivity index (χ0) is 23.1. The molecule has 3 aromatic heterocycles. The van der Waals surface area contributed by atoms with Crippen molar-refractivity contribution in [2.24, 2.45) is 0 Å². The topological polar surface area (TPSA) is 108 Å². The molecule has 1 aromatic carbocycles. The number of aryl methyl sites for hydroxylation is 2. The minimum atomic E-state index is -0.169. The van der Waals surface area contributed by atoms with Gasteiger partial charge in [0.1, 0.15) is 5.82 Å². The molecule has 10 heteroatoms. The third-order valence-corrected chi connectivity index (χ3v) is 5.69. The van der Waals surface area contributed by atoms with E-state index in [9.17, 15) is 4.79 Å². The Morgan fingerprint density at radius 3 is 2.61 bits per heavy atom. The molecule has 0 radical (unpaired) electrons. The summed E-state index contributed by atoms with van der Waals surface area (Å²) in [5, 5.41) is 20.5. The Labute approximate surface area is 190 Å². The summed E-state index contributed by atoms with van der Waals surface area (Å²) >= 11 is 0. The molecule has 0 aliphatic carbocycles. The van der Waals surface area contributed by atoms with Crippen LogP contribution in [0.3, 0.4) is 0 Å². The molecule has 1 N–H and O–H groups in total. The van der Waals surface area contributed by atoms with Gasteiger partial charge in [-0.05, 0) is 57.5 Å². The number of carbonyl (C=O) groups is 1. The molecule has 1 amide bonds. The Bertz CT molecular complexity index is 1360. The van der Waals surface area contributed by atoms with Crippen molar-refractivity contribution in [3.8, 4) is 17.3 Å². The van der Waals surface area contributed by atoms with E-state index in [4.69, 9.17) is 14.6 Å². The van der Waals surface area contributed by atoms with Gasteiger partial charge in [0, 0.05) is 17.9 Å². The third-order valence-electron chi connectivity index (χ3n) is 5.69. The molecule has 5 rings (SSSR count). The first kappa shape index (κ1) is 20.9. The fraction of sp³-hybridized carbons (Fsp3) is 0.348. The van der Waals surface area contributed by atoms with Crippen LogP contribution in [0, 0.1) is 13.8 Å². The fourth-order valence-electron chi connectivity index (χ4n) is 4.28. The van der Waals surface area contributed by atoms with Crippen molar-refractivity contribution < 1.29 is 14.3 Å². The maximum absolute atomic E-state index is 12.8. The number of nitrogens with zero attached hydrogens (tertiary/aromatic N) is 6. The average Bonchev–Trinajstić information content (AvgIpc) is 3.34. The third kappa shape index (κ3) is 3.57. The van der Waals surface area contributed by atoms with Crippen LogP contribution in [-0.2, 0) is 4.79 Å². The molecule has 0 saturated carbocycles. The van der Waals surface area contributed by atoms with Crippen molar-refractivity contribution in [2.75, 3.05) is 18.5 Å². The molecule has 170 valence electrons. The number of ether oxygens (including phenoxy) is 2. The van der Waals surface area contributed by atoms with Crippen LogP contribution in [0.4, 0.5) is 5.82 Å². The number of hydrogen-bond acceptors (Lipinski definition) is 7. The van der Waals surface area contributed by atoms with E-state index < -0.39 is 0 Å². The lowest BCUT2D eigenvalue weighted by atomic mass is 9.85. The van der Waals surface area contributed by atoms with E-state index in [-0.39, 0.29) is 11.8 Å². The van der Waals surface area contributed by atoms with Gasteiger partial charge in [-0.3, -0.25) is 4.79 Å². The van der Waals surface area contributed by atoms with Crippen molar-refractivity contribution in [2.45, 2.75) is 40.0 Å². The van der Waals surface area contributed by atoms with Gasteiger partial charge in [0.05, 0.1) is 18.9 Å². The maximum Gasteiger partial charge on any atom is 0.226 e. The minimum absolute atomic E-state index is 0.0814. The highest BCUT2D eigenvalue weighted by Gasteiger charge is 2.33. The van der Waals surface area contributed by atoms with Crippen LogP contribution >= 0.6 is 0 Å². The van der Waals surface area contributed by atoms with E-state index in [1.807, 2.05) is 58.0 Å². The van der Waals surface area contributed by atoms with Gasteiger partial charge in [0.25, 0.3) is 0 Å². The number of fused-ring (bicyclic) bond motifs is 2. The second kappa shape index (κ2) is 8.19. The van der Waals surface area contributed by atoms with Gasteiger partial charge < -0.3 is 14.8 Å². The van der Waals surface area contributed by atoms with E-state index >= 15 is 0 Å². The van der Waals surface area contributed by atoms with Crippen LogP contribution in [-0.4, -0.2) is 48.7 Å². The van der Waals surface area contributed by atoms with E-state index in [1.165, 1.54) is 0 Å². The molecule has 0 unspecified atom stereocenters. The molecule has 1 atom stereocenters. The fourth-order valence-corrected chi connectivity index (χ4v) is 4.28. The molecule has 0 fully saturated rings. The lowest BCUT2D eigenvalue weighted by Crippen LogP contribution is -2.25. The molecule has 10 nitrogen and oxygen atoms in total. The number of amides is 1. The molecule has 0 spiro atoms. The molecular formula is C23H25N7O3. The van der Waals surface area contributed by atoms with Crippen LogP contribution in [0.15, 0.2) is 30.3 Å². The number of carbonyl (C=O) groups excluding carboxylic acids is 1. The monoisotopic (exact) mass is 447 g/mol. The van der Waals surface area contributed by atoms with Crippen molar-refractivity contribution in [3.63, 3.8) is 0 Å². The Morgan fingerprint density at radius 1 is 1.03 bits per heavy atom. The number of benzene rings is 1. The summed E-state index contributed by atoms with van der Waals surface area (Å²) < 4.78 is 14.8. The number of hydrogen-bond donors (Lipinski definition) is 1. The van der Waals surface area contributed by atoms with Crippen LogP contribution in [0.2, 0.25) is 0 Å². The summed E-state index contributed by atoms with van der Waals surface area (Å²) in [6.07, 6.45) is 0.316. The van der Waals surface area contributed by atoms with Crippen molar-refractivity contribution in [1.29, 1.82) is 0 Å². The number of aromatic nitrogens is 6. The molecule has 33 heavy (non-hydrogen) atoms. The molecule has 1 aliphatic rings. The largest absolute Gasteiger partial charge is 0.490 e. The summed E-state index contributed by atoms with van der Waals surface area (Å²) in [6, 6.07) is 9.50. The summed E-state index contributed by atoms with van der Waals surface area (Å²) in [7, 11) is 0. The summed E-state index contributed by atoms with van der Waals surface area (Å²) in [4.78, 5) is 12.8. The standard InChI is InChI=1S/C23H25N7O3/c1-5-32-17-8-7-15(11-18(17)33-6-2)16-12-21(31)24-23-22(16)13(3)27-30(23)20-10-9-19-26-25-14(4)29(19)28-20/h7-11,16H,5-6,12H2,1-4H3,(H,24,31)/t16-/m0/s1. The molecule has 4 heterocycles. The van der Waals surface area contributed by atoms with Crippen molar-refractivity contribution in [1.82, 2.24) is 29.6 Å². The van der Waals surface area contributed by atoms with E-state index in [0.29, 0.717) is 54.2 Å². The zero-order valence-corrected chi connectivity index (χ0v) is 19.0. The van der Waals surface area contributed by atoms with Gasteiger partial charge >= 0.3 is 0 Å². The van der Waals surface area contributed by atoms with Gasteiger partial charge in [-0.25, -0.2) is 0 Å². The summed E-state index contributed by atoms with van der Waals surface area (Å²) in [5.74, 6) is 2.97. The zero-order valence-electron chi connectivity index (χ0n) is 19.0. The first-order valence-electron chi connectivity index (χ1n) is 11.0. The predicted molar refractivity (Wildman–Crippen MR) is 121 cm³/mol. The number of rotatable bonds is 6. The second-order valence-corrected chi connectivity index (χ2v) is 7.85. The van der Waals surface area contributed by atoms with Gasteiger partial charge in [-0.2, -0.15) is 14.3 Å². The maximum atomic E-state index is 12.8.